The molecule has 0 atom stereocenters. The van der Waals surface area contributed by atoms with Crippen LogP contribution >= 0.6 is 0 Å². The molecule has 0 radical (unpaired) electrons. The molecule has 0 heterocycles. The molecule has 0 saturated heterocycles. The maximum Gasteiger partial charge on any atom is 0.0743 e. The first-order valence-corrected chi connectivity index (χ1v) is 3.83. The average molecular weight is 177 g/mol. The molecule has 70 valence electrons. The van der Waals surface area contributed by atoms with E-state index in [1.807, 2.05) is 24.3 Å². The van der Waals surface area contributed by atoms with Crippen LogP contribution in [0.3, 0.4) is 0 Å². The van der Waals surface area contributed by atoms with Crippen molar-refractivity contribution >= 4 is 11.4 Å². The van der Waals surface area contributed by atoms with E-state index in [2.05, 4.69) is 12.3 Å². The summed E-state index contributed by atoms with van der Waals surface area (Å²) in [4.78, 5) is 0. The SMILES string of the molecule is C#CC.CN(N)c1ccccc1N. The number of anilines is 2. The molecular weight excluding hydrogens is 162 g/mol. The van der Waals surface area contributed by atoms with Gasteiger partial charge in [-0.05, 0) is 19.1 Å². The molecule has 1 aromatic carbocycles. The number of hydrazine groups is 1. The molecule has 0 fully saturated rings. The van der Waals surface area contributed by atoms with Crippen molar-refractivity contribution in [3.05, 3.63) is 24.3 Å². The summed E-state index contributed by atoms with van der Waals surface area (Å²) in [5.41, 5.74) is 7.15. The van der Waals surface area contributed by atoms with Gasteiger partial charge in [-0.25, -0.2) is 5.84 Å². The lowest BCUT2D eigenvalue weighted by Gasteiger charge is -2.13. The van der Waals surface area contributed by atoms with Crippen LogP contribution in [0.2, 0.25) is 0 Å². The molecule has 0 aliphatic rings. The number of benzene rings is 1. The molecule has 0 amide bonds. The molecule has 3 nitrogen and oxygen atoms in total. The fourth-order valence-corrected chi connectivity index (χ4v) is 0.809. The van der Waals surface area contributed by atoms with Crippen LogP contribution in [-0.4, -0.2) is 7.05 Å². The lowest BCUT2D eigenvalue weighted by atomic mass is 10.3. The molecule has 0 spiro atoms. The summed E-state index contributed by atoms with van der Waals surface area (Å²) in [6, 6.07) is 7.46. The number of nitrogen functional groups attached to an aromatic ring is 1. The second-order valence-electron chi connectivity index (χ2n) is 2.46. The maximum atomic E-state index is 5.60. The minimum absolute atomic E-state index is 0.701. The summed E-state index contributed by atoms with van der Waals surface area (Å²) < 4.78 is 0. The summed E-state index contributed by atoms with van der Waals surface area (Å²) in [6.07, 6.45) is 4.60. The third-order valence-corrected chi connectivity index (χ3v) is 1.32. The zero-order valence-electron chi connectivity index (χ0n) is 7.99. The second kappa shape index (κ2) is 5.92. The van der Waals surface area contributed by atoms with E-state index < -0.39 is 0 Å². The van der Waals surface area contributed by atoms with E-state index in [0.717, 1.165) is 5.69 Å². The maximum absolute atomic E-state index is 5.60. The van der Waals surface area contributed by atoms with Crippen LogP contribution in [-0.2, 0) is 0 Å². The standard InChI is InChI=1S/C7H11N3.C3H4/c1-10(9)7-5-3-2-4-6(7)8;1-3-2/h2-5H,8-9H2,1H3;1H,2H3. The summed E-state index contributed by atoms with van der Waals surface area (Å²) in [5.74, 6) is 7.72. The van der Waals surface area contributed by atoms with Crippen molar-refractivity contribution in [1.82, 2.24) is 0 Å². The van der Waals surface area contributed by atoms with Gasteiger partial charge in [0.2, 0.25) is 0 Å². The first-order valence-electron chi connectivity index (χ1n) is 3.83. The van der Waals surface area contributed by atoms with Gasteiger partial charge >= 0.3 is 0 Å². The predicted molar refractivity (Wildman–Crippen MR) is 58.0 cm³/mol. The Labute approximate surface area is 79.3 Å². The van der Waals surface area contributed by atoms with E-state index in [-0.39, 0.29) is 0 Å². The third kappa shape index (κ3) is 4.04. The van der Waals surface area contributed by atoms with E-state index in [4.69, 9.17) is 11.6 Å². The van der Waals surface area contributed by atoms with Gasteiger partial charge in [0.25, 0.3) is 0 Å². The van der Waals surface area contributed by atoms with Crippen LogP contribution in [0.1, 0.15) is 6.92 Å². The molecule has 3 heteroatoms. The van der Waals surface area contributed by atoms with Crippen molar-refractivity contribution in [3.8, 4) is 12.3 Å². The molecule has 1 aromatic rings. The molecule has 0 bridgehead atoms. The molecule has 1 rings (SSSR count). The zero-order chi connectivity index (χ0) is 10.3. The number of nitrogens with zero attached hydrogens (tertiary/aromatic N) is 1. The topological polar surface area (TPSA) is 55.3 Å². The van der Waals surface area contributed by atoms with Crippen molar-refractivity contribution in [3.63, 3.8) is 0 Å². The summed E-state index contributed by atoms with van der Waals surface area (Å²) in [7, 11) is 1.76. The average Bonchev–Trinajstić information content (AvgIpc) is 2.06. The van der Waals surface area contributed by atoms with E-state index in [1.165, 1.54) is 5.01 Å². The highest BCUT2D eigenvalue weighted by molar-refractivity contribution is 5.65. The number of rotatable bonds is 1. The molecule has 0 unspecified atom stereocenters. The summed E-state index contributed by atoms with van der Waals surface area (Å²) in [6.45, 7) is 1.65. The molecular formula is C10H15N3. The van der Waals surface area contributed by atoms with E-state index in [9.17, 15) is 0 Å². The van der Waals surface area contributed by atoms with Gasteiger partial charge in [0.05, 0.1) is 11.4 Å². The Bertz CT molecular complexity index is 286. The van der Waals surface area contributed by atoms with Crippen LogP contribution in [0, 0.1) is 12.3 Å². The quantitative estimate of drug-likeness (QED) is 0.293. The number of para-hydroxylation sites is 2. The third-order valence-electron chi connectivity index (χ3n) is 1.32. The minimum atomic E-state index is 0.701. The molecule has 4 N–H and O–H groups in total. The van der Waals surface area contributed by atoms with Crippen molar-refractivity contribution in [2.24, 2.45) is 5.84 Å². The van der Waals surface area contributed by atoms with Crippen LogP contribution in [0.15, 0.2) is 24.3 Å². The van der Waals surface area contributed by atoms with Crippen molar-refractivity contribution in [1.29, 1.82) is 0 Å². The molecule has 0 saturated carbocycles. The largest absolute Gasteiger partial charge is 0.397 e. The van der Waals surface area contributed by atoms with E-state index in [0.29, 0.717) is 5.69 Å². The highest BCUT2D eigenvalue weighted by atomic mass is 15.4. The van der Waals surface area contributed by atoms with Crippen LogP contribution in [0.4, 0.5) is 11.4 Å². The fraction of sp³-hybridized carbons (Fsp3) is 0.200. The van der Waals surface area contributed by atoms with Gasteiger partial charge in [0.15, 0.2) is 0 Å². The van der Waals surface area contributed by atoms with E-state index in [1.54, 1.807) is 14.0 Å². The Kier molecular flexibility index (Phi) is 5.17. The van der Waals surface area contributed by atoms with Gasteiger partial charge in [-0.1, -0.05) is 12.1 Å². The van der Waals surface area contributed by atoms with Crippen LogP contribution < -0.4 is 16.6 Å². The fourth-order valence-electron chi connectivity index (χ4n) is 0.809. The van der Waals surface area contributed by atoms with Gasteiger partial charge < -0.3 is 10.7 Å². The Morgan fingerprint density at radius 2 is 1.85 bits per heavy atom. The smallest absolute Gasteiger partial charge is 0.0743 e. The lowest BCUT2D eigenvalue weighted by Crippen LogP contribution is -2.25. The number of nitrogens with two attached hydrogens (primary N) is 2. The van der Waals surface area contributed by atoms with Gasteiger partial charge in [-0.2, -0.15) is 0 Å². The van der Waals surface area contributed by atoms with Crippen LogP contribution in [0.5, 0.6) is 0 Å². The number of terminal acetylenes is 1. The highest BCUT2D eigenvalue weighted by Gasteiger charge is 1.96. The second-order valence-corrected chi connectivity index (χ2v) is 2.46. The molecule has 0 aromatic heterocycles. The first kappa shape index (κ1) is 11.3. The monoisotopic (exact) mass is 177 g/mol. The minimum Gasteiger partial charge on any atom is -0.397 e. The Morgan fingerprint density at radius 3 is 2.15 bits per heavy atom. The normalized spacial score (nSPS) is 7.85. The Balaban J connectivity index is 0.000000424. The van der Waals surface area contributed by atoms with Gasteiger partial charge in [-0.3, -0.25) is 0 Å². The van der Waals surface area contributed by atoms with Gasteiger partial charge in [0, 0.05) is 7.05 Å². The Morgan fingerprint density at radius 1 is 1.38 bits per heavy atom. The molecule has 0 aliphatic heterocycles. The van der Waals surface area contributed by atoms with E-state index >= 15 is 0 Å². The van der Waals surface area contributed by atoms with Crippen molar-refractivity contribution < 1.29 is 0 Å². The zero-order valence-corrected chi connectivity index (χ0v) is 7.99. The summed E-state index contributed by atoms with van der Waals surface area (Å²) >= 11 is 0. The molecule has 13 heavy (non-hydrogen) atoms. The van der Waals surface area contributed by atoms with Crippen molar-refractivity contribution in [2.75, 3.05) is 17.8 Å². The van der Waals surface area contributed by atoms with Crippen LogP contribution in [0.25, 0.3) is 0 Å². The first-order chi connectivity index (χ1) is 6.13. The highest BCUT2D eigenvalue weighted by Crippen LogP contribution is 2.17. The van der Waals surface area contributed by atoms with Crippen molar-refractivity contribution in [2.45, 2.75) is 6.92 Å². The number of hydrogen-bond acceptors (Lipinski definition) is 3. The van der Waals surface area contributed by atoms with Gasteiger partial charge in [-0.15, -0.1) is 12.3 Å². The molecule has 0 aliphatic carbocycles. The van der Waals surface area contributed by atoms with Gasteiger partial charge in [0.1, 0.15) is 0 Å². The number of hydrogen-bond donors (Lipinski definition) is 2. The lowest BCUT2D eigenvalue weighted by molar-refractivity contribution is 1.02. The summed E-state index contributed by atoms with van der Waals surface area (Å²) in [5, 5.41) is 1.50. The predicted octanol–water partition coefficient (Wildman–Crippen LogP) is 1.22. The Hall–Kier alpha value is -1.66.